The maximum atomic E-state index is 12.8. The van der Waals surface area contributed by atoms with Gasteiger partial charge in [-0.15, -0.1) is 0 Å². The van der Waals surface area contributed by atoms with Gasteiger partial charge in [0, 0.05) is 12.7 Å². The molecule has 0 aromatic heterocycles. The van der Waals surface area contributed by atoms with Crippen molar-refractivity contribution in [3.05, 3.63) is 47.5 Å². The van der Waals surface area contributed by atoms with E-state index in [4.69, 9.17) is 17.0 Å². The van der Waals surface area contributed by atoms with Gasteiger partial charge >= 0.3 is 5.97 Å². The molecule has 1 N–H and O–H groups in total. The largest absolute Gasteiger partial charge is 0.462 e. The molecule has 7 heteroatoms. The van der Waals surface area contributed by atoms with E-state index in [2.05, 4.69) is 12.1 Å². The SMILES string of the molecule is CC(=O)OC/C=C(/C)CC[C@H](O)CC(=O)N1C(=S)SC[C@@H]1Cc1ccccc1. The number of benzene rings is 1. The van der Waals surface area contributed by atoms with Crippen molar-refractivity contribution in [2.75, 3.05) is 12.4 Å². The zero-order valence-corrected chi connectivity index (χ0v) is 17.9. The minimum atomic E-state index is -0.727. The van der Waals surface area contributed by atoms with E-state index in [1.807, 2.05) is 31.2 Å². The number of thiocarbonyl (C=S) groups is 1. The summed E-state index contributed by atoms with van der Waals surface area (Å²) in [6.07, 6.45) is 3.03. The number of aliphatic hydroxyl groups excluding tert-OH is 1. The number of amides is 1. The lowest BCUT2D eigenvalue weighted by atomic mass is 10.0. The van der Waals surface area contributed by atoms with Gasteiger partial charge in [0.2, 0.25) is 5.91 Å². The second-order valence-electron chi connectivity index (χ2n) is 6.93. The second-order valence-corrected chi connectivity index (χ2v) is 8.59. The number of allylic oxidation sites excluding steroid dienone is 1. The van der Waals surface area contributed by atoms with E-state index in [1.165, 1.54) is 24.2 Å². The number of hydrogen-bond acceptors (Lipinski definition) is 6. The Bertz CT molecular complexity index is 720. The number of ether oxygens (including phenoxy) is 1. The quantitative estimate of drug-likeness (QED) is 0.374. The molecule has 2 atom stereocenters. The van der Waals surface area contributed by atoms with Crippen molar-refractivity contribution in [3.8, 4) is 0 Å². The van der Waals surface area contributed by atoms with E-state index in [0.717, 1.165) is 17.7 Å². The van der Waals surface area contributed by atoms with E-state index in [1.54, 1.807) is 4.90 Å². The molecular formula is C21H27NO4S2. The maximum absolute atomic E-state index is 12.8. The molecule has 0 spiro atoms. The number of esters is 1. The van der Waals surface area contributed by atoms with Crippen LogP contribution in [0.1, 0.15) is 38.7 Å². The van der Waals surface area contributed by atoms with Crippen molar-refractivity contribution >= 4 is 40.2 Å². The number of thioether (sulfide) groups is 1. The monoisotopic (exact) mass is 421 g/mol. The van der Waals surface area contributed by atoms with Crippen LogP contribution in [0.5, 0.6) is 0 Å². The fraction of sp³-hybridized carbons (Fsp3) is 0.476. The van der Waals surface area contributed by atoms with Crippen LogP contribution in [0, 0.1) is 0 Å². The highest BCUT2D eigenvalue weighted by Gasteiger charge is 2.34. The number of nitrogens with zero attached hydrogens (tertiary/aromatic N) is 1. The Kier molecular flexibility index (Phi) is 9.15. The first-order chi connectivity index (χ1) is 13.4. The molecule has 5 nitrogen and oxygen atoms in total. The summed E-state index contributed by atoms with van der Waals surface area (Å²) in [5.41, 5.74) is 2.19. The van der Waals surface area contributed by atoms with Crippen LogP contribution in [-0.4, -0.2) is 50.7 Å². The molecule has 1 aliphatic rings. The van der Waals surface area contributed by atoms with Crippen molar-refractivity contribution < 1.29 is 19.4 Å². The Hall–Kier alpha value is -1.70. The summed E-state index contributed by atoms with van der Waals surface area (Å²) in [6, 6.07) is 10.1. The first kappa shape index (κ1) is 22.6. The number of hydrogen-bond donors (Lipinski definition) is 1. The van der Waals surface area contributed by atoms with Crippen LogP contribution in [0.25, 0.3) is 0 Å². The molecule has 152 valence electrons. The molecule has 0 radical (unpaired) electrons. The van der Waals surface area contributed by atoms with Crippen LogP contribution in [0.4, 0.5) is 0 Å². The molecule has 1 saturated heterocycles. The second kappa shape index (κ2) is 11.3. The average Bonchev–Trinajstić information content (AvgIpc) is 3.01. The van der Waals surface area contributed by atoms with Gasteiger partial charge in [-0.3, -0.25) is 14.5 Å². The molecule has 1 aromatic rings. The Balaban J connectivity index is 1.84. The Labute approximate surface area is 176 Å². The third-order valence-corrected chi connectivity index (χ3v) is 6.09. The molecule has 2 rings (SSSR count). The van der Waals surface area contributed by atoms with Crippen LogP contribution in [0.2, 0.25) is 0 Å². The molecule has 1 fully saturated rings. The summed E-state index contributed by atoms with van der Waals surface area (Å²) in [5, 5.41) is 10.3. The molecule has 1 aliphatic heterocycles. The molecule has 0 aliphatic carbocycles. The van der Waals surface area contributed by atoms with Crippen LogP contribution in [0.3, 0.4) is 0 Å². The Morgan fingerprint density at radius 2 is 2.07 bits per heavy atom. The third kappa shape index (κ3) is 7.37. The summed E-state index contributed by atoms with van der Waals surface area (Å²) in [5.74, 6) is 0.345. The zero-order valence-electron chi connectivity index (χ0n) is 16.3. The predicted molar refractivity (Wildman–Crippen MR) is 116 cm³/mol. The van der Waals surface area contributed by atoms with Crippen molar-refractivity contribution in [3.63, 3.8) is 0 Å². The molecule has 0 unspecified atom stereocenters. The van der Waals surface area contributed by atoms with Gasteiger partial charge in [-0.25, -0.2) is 0 Å². The van der Waals surface area contributed by atoms with Crippen LogP contribution in [0.15, 0.2) is 42.0 Å². The highest BCUT2D eigenvalue weighted by atomic mass is 32.2. The molecule has 28 heavy (non-hydrogen) atoms. The van der Waals surface area contributed by atoms with Crippen molar-refractivity contribution in [2.24, 2.45) is 0 Å². The summed E-state index contributed by atoms with van der Waals surface area (Å²) in [7, 11) is 0. The van der Waals surface area contributed by atoms with Gasteiger partial charge in [-0.2, -0.15) is 0 Å². The van der Waals surface area contributed by atoms with E-state index in [9.17, 15) is 14.7 Å². The number of carbonyl (C=O) groups excluding carboxylic acids is 2. The van der Waals surface area contributed by atoms with E-state index in [-0.39, 0.29) is 30.9 Å². The lowest BCUT2D eigenvalue weighted by molar-refractivity contribution is -0.139. The van der Waals surface area contributed by atoms with Crippen molar-refractivity contribution in [2.45, 2.75) is 51.7 Å². The van der Waals surface area contributed by atoms with Gasteiger partial charge in [-0.05, 0) is 37.8 Å². The number of rotatable bonds is 9. The van der Waals surface area contributed by atoms with Crippen LogP contribution < -0.4 is 0 Å². The summed E-state index contributed by atoms with van der Waals surface area (Å²) < 4.78 is 5.46. The minimum absolute atomic E-state index is 0.0324. The van der Waals surface area contributed by atoms with Gasteiger partial charge < -0.3 is 9.84 Å². The molecule has 1 heterocycles. The summed E-state index contributed by atoms with van der Waals surface area (Å²) in [4.78, 5) is 25.2. The van der Waals surface area contributed by atoms with Gasteiger partial charge in [0.15, 0.2) is 0 Å². The summed E-state index contributed by atoms with van der Waals surface area (Å²) in [6.45, 7) is 3.52. The standard InChI is InChI=1S/C21H27NO4S2/c1-15(10-11-26-16(2)23)8-9-19(24)13-20(25)22-18(14-28-21(22)27)12-17-6-4-3-5-7-17/h3-7,10,18-19,24H,8-9,11-14H2,1-2H3/b15-10-/t18-,19-/m0/s1. The highest BCUT2D eigenvalue weighted by molar-refractivity contribution is 8.23. The molecular weight excluding hydrogens is 394 g/mol. The van der Waals surface area contributed by atoms with Crippen molar-refractivity contribution in [1.82, 2.24) is 4.90 Å². The van der Waals surface area contributed by atoms with Crippen LogP contribution in [-0.2, 0) is 20.7 Å². The van der Waals surface area contributed by atoms with Gasteiger partial charge in [-0.1, -0.05) is 59.9 Å². The third-order valence-electron chi connectivity index (χ3n) is 4.54. The smallest absolute Gasteiger partial charge is 0.302 e. The fourth-order valence-electron chi connectivity index (χ4n) is 3.00. The first-order valence-electron chi connectivity index (χ1n) is 9.36. The maximum Gasteiger partial charge on any atom is 0.302 e. The molecule has 0 saturated carbocycles. The van der Waals surface area contributed by atoms with E-state index in [0.29, 0.717) is 17.2 Å². The van der Waals surface area contributed by atoms with E-state index < -0.39 is 6.10 Å². The Morgan fingerprint density at radius 1 is 1.36 bits per heavy atom. The van der Waals surface area contributed by atoms with E-state index >= 15 is 0 Å². The Morgan fingerprint density at radius 3 is 2.75 bits per heavy atom. The van der Waals surface area contributed by atoms with Crippen molar-refractivity contribution in [1.29, 1.82) is 0 Å². The fourth-order valence-corrected chi connectivity index (χ4v) is 4.45. The molecule has 0 bridgehead atoms. The summed E-state index contributed by atoms with van der Waals surface area (Å²) >= 11 is 6.90. The first-order valence-corrected chi connectivity index (χ1v) is 10.8. The topological polar surface area (TPSA) is 66.8 Å². The highest BCUT2D eigenvalue weighted by Crippen LogP contribution is 2.28. The normalized spacial score (nSPS) is 18.2. The van der Waals surface area contributed by atoms with Gasteiger partial charge in [0.25, 0.3) is 0 Å². The average molecular weight is 422 g/mol. The molecule has 1 amide bonds. The number of carbonyl (C=O) groups is 2. The van der Waals surface area contributed by atoms with Gasteiger partial charge in [0.1, 0.15) is 10.9 Å². The predicted octanol–water partition coefficient (Wildman–Crippen LogP) is 3.50. The molecule has 1 aromatic carbocycles. The minimum Gasteiger partial charge on any atom is -0.462 e. The number of aliphatic hydroxyl groups is 1. The lowest BCUT2D eigenvalue weighted by Gasteiger charge is -2.25. The zero-order chi connectivity index (χ0) is 20.5. The van der Waals surface area contributed by atoms with Crippen LogP contribution >= 0.6 is 24.0 Å². The lowest BCUT2D eigenvalue weighted by Crippen LogP contribution is -2.41. The van der Waals surface area contributed by atoms with Gasteiger partial charge in [0.05, 0.1) is 18.6 Å².